The molecule has 0 aromatic heterocycles. The minimum atomic E-state index is 0.139. The molecule has 0 bridgehead atoms. The highest BCUT2D eigenvalue weighted by molar-refractivity contribution is 8.00. The van der Waals surface area contributed by atoms with Gasteiger partial charge in [-0.25, -0.2) is 0 Å². The summed E-state index contributed by atoms with van der Waals surface area (Å²) in [7, 11) is 1.60. The first-order valence-corrected chi connectivity index (χ1v) is 6.95. The smallest absolute Gasteiger partial charge is 0.232 e. The molecule has 1 aromatic carbocycles. The highest BCUT2D eigenvalue weighted by atomic mass is 32.2. The molecule has 0 aliphatic heterocycles. The van der Waals surface area contributed by atoms with Gasteiger partial charge < -0.3 is 15.4 Å². The van der Waals surface area contributed by atoms with Crippen molar-refractivity contribution in [3.8, 4) is 5.75 Å². The second kappa shape index (κ2) is 7.16. The number of nitrogens with two attached hydrogens (primary N) is 1. The fourth-order valence-electron chi connectivity index (χ4n) is 1.59. The molecule has 4 nitrogen and oxygen atoms in total. The Morgan fingerprint density at radius 3 is 2.56 bits per heavy atom. The van der Waals surface area contributed by atoms with E-state index < -0.39 is 0 Å². The molecule has 18 heavy (non-hydrogen) atoms. The van der Waals surface area contributed by atoms with Gasteiger partial charge >= 0.3 is 0 Å². The van der Waals surface area contributed by atoms with E-state index in [1.54, 1.807) is 13.2 Å². The van der Waals surface area contributed by atoms with Gasteiger partial charge in [0.25, 0.3) is 0 Å². The Morgan fingerprint density at radius 2 is 2.06 bits per heavy atom. The topological polar surface area (TPSA) is 55.6 Å². The van der Waals surface area contributed by atoms with E-state index in [1.165, 1.54) is 11.8 Å². The van der Waals surface area contributed by atoms with Gasteiger partial charge in [0.15, 0.2) is 0 Å². The molecule has 0 saturated heterocycles. The van der Waals surface area contributed by atoms with E-state index in [1.807, 2.05) is 30.9 Å². The van der Waals surface area contributed by atoms with Crippen molar-refractivity contribution in [3.63, 3.8) is 0 Å². The number of nitrogens with zero attached hydrogens (tertiary/aromatic N) is 1. The van der Waals surface area contributed by atoms with Crippen LogP contribution in [0.25, 0.3) is 0 Å². The lowest BCUT2D eigenvalue weighted by molar-refractivity contribution is -0.127. The van der Waals surface area contributed by atoms with Gasteiger partial charge in [-0.3, -0.25) is 4.79 Å². The Hall–Kier alpha value is -1.36. The van der Waals surface area contributed by atoms with Gasteiger partial charge in [-0.05, 0) is 26.0 Å². The number of carbonyl (C=O) groups is 1. The summed E-state index contributed by atoms with van der Waals surface area (Å²) in [6.07, 6.45) is 0. The van der Waals surface area contributed by atoms with Crippen molar-refractivity contribution < 1.29 is 9.53 Å². The Kier molecular flexibility index (Phi) is 5.85. The molecule has 0 aliphatic carbocycles. The van der Waals surface area contributed by atoms with Crippen LogP contribution < -0.4 is 10.5 Å². The molecule has 1 aromatic rings. The van der Waals surface area contributed by atoms with Crippen molar-refractivity contribution in [2.24, 2.45) is 0 Å². The largest absolute Gasteiger partial charge is 0.497 e. The normalized spacial score (nSPS) is 10.2. The predicted molar refractivity (Wildman–Crippen MR) is 76.1 cm³/mol. The lowest BCUT2D eigenvalue weighted by Gasteiger charge is -2.18. The van der Waals surface area contributed by atoms with Crippen LogP contribution in [0.5, 0.6) is 5.75 Å². The number of benzene rings is 1. The zero-order chi connectivity index (χ0) is 13.5. The van der Waals surface area contributed by atoms with Gasteiger partial charge in [0, 0.05) is 29.7 Å². The lowest BCUT2D eigenvalue weighted by atomic mass is 10.3. The Morgan fingerprint density at radius 1 is 1.39 bits per heavy atom. The van der Waals surface area contributed by atoms with Gasteiger partial charge in [0.1, 0.15) is 5.75 Å². The number of nitrogen functional groups attached to an aromatic ring is 1. The van der Waals surface area contributed by atoms with E-state index in [0.29, 0.717) is 11.4 Å². The summed E-state index contributed by atoms with van der Waals surface area (Å²) in [5.74, 6) is 1.28. The maximum absolute atomic E-state index is 11.9. The van der Waals surface area contributed by atoms with Crippen LogP contribution in [0.1, 0.15) is 13.8 Å². The predicted octanol–water partition coefficient (Wildman–Crippen LogP) is 2.24. The molecule has 1 amide bonds. The zero-order valence-corrected chi connectivity index (χ0v) is 11.9. The maximum Gasteiger partial charge on any atom is 0.232 e. The molecule has 0 spiro atoms. The van der Waals surface area contributed by atoms with Crippen LogP contribution in [0.2, 0.25) is 0 Å². The van der Waals surface area contributed by atoms with E-state index in [9.17, 15) is 4.79 Å². The van der Waals surface area contributed by atoms with E-state index >= 15 is 0 Å². The zero-order valence-electron chi connectivity index (χ0n) is 11.1. The third-order valence-electron chi connectivity index (χ3n) is 2.68. The highest BCUT2D eigenvalue weighted by Crippen LogP contribution is 2.28. The lowest BCUT2D eigenvalue weighted by Crippen LogP contribution is -2.31. The van der Waals surface area contributed by atoms with E-state index in [-0.39, 0.29) is 5.91 Å². The molecule has 0 heterocycles. The van der Waals surface area contributed by atoms with Crippen molar-refractivity contribution in [2.45, 2.75) is 18.7 Å². The highest BCUT2D eigenvalue weighted by Gasteiger charge is 2.11. The molecule has 100 valence electrons. The number of ether oxygens (including phenoxy) is 1. The average molecular weight is 268 g/mol. The molecule has 0 aliphatic rings. The standard InChI is InChI=1S/C13H20N2O2S/c1-4-15(5-2)13(16)9-18-12-7-6-10(17-3)8-11(12)14/h6-8H,4-5,9,14H2,1-3H3. The van der Waals surface area contributed by atoms with E-state index in [4.69, 9.17) is 10.5 Å². The van der Waals surface area contributed by atoms with Crippen molar-refractivity contribution in [1.29, 1.82) is 0 Å². The summed E-state index contributed by atoms with van der Waals surface area (Å²) < 4.78 is 5.08. The van der Waals surface area contributed by atoms with Gasteiger partial charge in [0.2, 0.25) is 5.91 Å². The second-order valence-electron chi connectivity index (χ2n) is 3.76. The van der Waals surface area contributed by atoms with Crippen molar-refractivity contribution in [2.75, 3.05) is 31.7 Å². The first-order chi connectivity index (χ1) is 8.62. The van der Waals surface area contributed by atoms with Crippen LogP contribution in [0, 0.1) is 0 Å². The van der Waals surface area contributed by atoms with Crippen LogP contribution >= 0.6 is 11.8 Å². The molecule has 0 fully saturated rings. The van der Waals surface area contributed by atoms with E-state index in [0.717, 1.165) is 23.7 Å². The molecule has 0 atom stereocenters. The van der Waals surface area contributed by atoms with Crippen LogP contribution in [0.15, 0.2) is 23.1 Å². The van der Waals surface area contributed by atoms with Crippen LogP contribution in [0.3, 0.4) is 0 Å². The Labute approximate surface area is 112 Å². The van der Waals surface area contributed by atoms with Crippen molar-refractivity contribution in [1.82, 2.24) is 4.90 Å². The molecule has 5 heteroatoms. The number of methoxy groups -OCH3 is 1. The molecule has 2 N–H and O–H groups in total. The SMILES string of the molecule is CCN(CC)C(=O)CSc1ccc(OC)cc1N. The minimum Gasteiger partial charge on any atom is -0.497 e. The average Bonchev–Trinajstić information content (AvgIpc) is 2.38. The summed E-state index contributed by atoms with van der Waals surface area (Å²) in [6, 6.07) is 5.50. The number of anilines is 1. The summed E-state index contributed by atoms with van der Waals surface area (Å²) >= 11 is 1.46. The number of thioether (sulfide) groups is 1. The third-order valence-corrected chi connectivity index (χ3v) is 3.76. The molecule has 0 unspecified atom stereocenters. The molecular formula is C13H20N2O2S. The molecule has 0 saturated carbocycles. The van der Waals surface area contributed by atoms with Crippen LogP contribution in [-0.2, 0) is 4.79 Å². The van der Waals surface area contributed by atoms with Gasteiger partial charge in [-0.1, -0.05) is 0 Å². The van der Waals surface area contributed by atoms with E-state index in [2.05, 4.69) is 0 Å². The maximum atomic E-state index is 11.9. The first kappa shape index (κ1) is 14.7. The van der Waals surface area contributed by atoms with Gasteiger partial charge in [0.05, 0.1) is 12.9 Å². The number of hydrogen-bond donors (Lipinski definition) is 1. The molecule has 1 rings (SSSR count). The number of hydrogen-bond acceptors (Lipinski definition) is 4. The summed E-state index contributed by atoms with van der Waals surface area (Å²) in [5, 5.41) is 0. The number of carbonyl (C=O) groups excluding carboxylic acids is 1. The summed E-state index contributed by atoms with van der Waals surface area (Å²) in [6.45, 7) is 5.45. The quantitative estimate of drug-likeness (QED) is 0.635. The summed E-state index contributed by atoms with van der Waals surface area (Å²) in [5.41, 5.74) is 6.54. The van der Waals surface area contributed by atoms with Crippen molar-refractivity contribution in [3.05, 3.63) is 18.2 Å². The second-order valence-corrected chi connectivity index (χ2v) is 4.78. The fourth-order valence-corrected chi connectivity index (χ4v) is 2.44. The van der Waals surface area contributed by atoms with Crippen LogP contribution in [-0.4, -0.2) is 36.8 Å². The Bertz CT molecular complexity index is 406. The molecular weight excluding hydrogens is 248 g/mol. The van der Waals surface area contributed by atoms with Gasteiger partial charge in [-0.2, -0.15) is 0 Å². The number of amides is 1. The fraction of sp³-hybridized carbons (Fsp3) is 0.462. The van der Waals surface area contributed by atoms with Crippen LogP contribution in [0.4, 0.5) is 5.69 Å². The van der Waals surface area contributed by atoms with Crippen molar-refractivity contribution >= 4 is 23.4 Å². The third kappa shape index (κ3) is 3.84. The summed E-state index contributed by atoms with van der Waals surface area (Å²) in [4.78, 5) is 14.6. The minimum absolute atomic E-state index is 0.139. The molecule has 0 radical (unpaired) electrons. The van der Waals surface area contributed by atoms with Gasteiger partial charge in [-0.15, -0.1) is 11.8 Å². The number of rotatable bonds is 6. The monoisotopic (exact) mass is 268 g/mol. The Balaban J connectivity index is 2.61. The first-order valence-electron chi connectivity index (χ1n) is 5.96.